The number of carbonyl (C=O) groups excluding carboxylic acids is 2. The normalized spacial score (nSPS) is 10.7. The number of amides is 2. The minimum atomic E-state index is -0.291. The molecule has 0 aliphatic heterocycles. The number of nitrogens with zero attached hydrogens (tertiary/aromatic N) is 2. The zero-order valence-electron chi connectivity index (χ0n) is 16.9. The first-order valence-electron chi connectivity index (χ1n) is 9.29. The van der Waals surface area contributed by atoms with Crippen LogP contribution in [0.1, 0.15) is 36.9 Å². The molecule has 0 bridgehead atoms. The van der Waals surface area contributed by atoms with Gasteiger partial charge in [0.05, 0.1) is 6.54 Å². The maximum atomic E-state index is 12.6. The van der Waals surface area contributed by atoms with Gasteiger partial charge in [0.25, 0.3) is 11.8 Å². The minimum absolute atomic E-state index is 0.0795. The van der Waals surface area contributed by atoms with Crippen LogP contribution < -0.4 is 10.2 Å². The lowest BCUT2D eigenvalue weighted by atomic mass is 10.1. The molecule has 0 radical (unpaired) electrons. The predicted octanol–water partition coefficient (Wildman–Crippen LogP) is 3.55. The Kier molecular flexibility index (Phi) is 6.74. The van der Waals surface area contributed by atoms with Gasteiger partial charge in [-0.1, -0.05) is 47.2 Å². The summed E-state index contributed by atoms with van der Waals surface area (Å²) in [6, 6.07) is 14.4. The molecule has 2 amide bonds. The van der Waals surface area contributed by atoms with Crippen LogP contribution >= 0.6 is 22.9 Å². The zero-order chi connectivity index (χ0) is 21.8. The van der Waals surface area contributed by atoms with Gasteiger partial charge in [0.2, 0.25) is 0 Å². The fourth-order valence-corrected chi connectivity index (χ4v) is 4.09. The number of thiazole rings is 1. The van der Waals surface area contributed by atoms with Crippen molar-refractivity contribution in [3.63, 3.8) is 0 Å². The van der Waals surface area contributed by atoms with Crippen LogP contribution in [0.4, 0.5) is 0 Å². The molecule has 1 heterocycles. The average Bonchev–Trinajstić information content (AvgIpc) is 3.00. The summed E-state index contributed by atoms with van der Waals surface area (Å²) in [5, 5.41) is 3.44. The SMILES string of the molecule is Cc1c(C(=O)NCc2cccc(Cl)c2)sc(=O)n1Cc1ccc(C(=O)N(C)C)cc1. The number of halogens is 1. The molecule has 0 saturated carbocycles. The molecule has 0 atom stereocenters. The molecule has 0 aliphatic rings. The Bertz CT molecular complexity index is 1130. The van der Waals surface area contributed by atoms with Gasteiger partial charge in [-0.15, -0.1) is 0 Å². The molecule has 156 valence electrons. The Morgan fingerprint density at radius 1 is 1.10 bits per heavy atom. The van der Waals surface area contributed by atoms with Crippen LogP contribution in [0, 0.1) is 6.92 Å². The molecule has 0 saturated heterocycles. The smallest absolute Gasteiger partial charge is 0.308 e. The summed E-state index contributed by atoms with van der Waals surface area (Å²) >= 11 is 6.90. The number of carbonyl (C=O) groups is 2. The van der Waals surface area contributed by atoms with E-state index in [9.17, 15) is 14.4 Å². The molecule has 8 heteroatoms. The van der Waals surface area contributed by atoms with Crippen LogP contribution in [0.5, 0.6) is 0 Å². The van der Waals surface area contributed by atoms with Crippen LogP contribution in [0.25, 0.3) is 0 Å². The Morgan fingerprint density at radius 3 is 2.43 bits per heavy atom. The van der Waals surface area contributed by atoms with Crippen LogP contribution in [0.2, 0.25) is 5.02 Å². The Balaban J connectivity index is 1.73. The summed E-state index contributed by atoms with van der Waals surface area (Å²) in [5.41, 5.74) is 2.95. The van der Waals surface area contributed by atoms with Gasteiger partial charge in [-0.2, -0.15) is 0 Å². The molecule has 6 nitrogen and oxygen atoms in total. The lowest BCUT2D eigenvalue weighted by Crippen LogP contribution is -2.23. The average molecular weight is 444 g/mol. The van der Waals surface area contributed by atoms with Gasteiger partial charge < -0.3 is 10.2 Å². The van der Waals surface area contributed by atoms with Crippen molar-refractivity contribution >= 4 is 34.8 Å². The maximum absolute atomic E-state index is 12.6. The molecule has 1 aromatic heterocycles. The van der Waals surface area contributed by atoms with E-state index in [-0.39, 0.29) is 16.7 Å². The molecule has 30 heavy (non-hydrogen) atoms. The molecule has 3 rings (SSSR count). The topological polar surface area (TPSA) is 71.4 Å². The Hall–Kier alpha value is -2.90. The molecule has 0 fully saturated rings. The Labute approximate surface area is 183 Å². The van der Waals surface area contributed by atoms with Crippen LogP contribution in [0.15, 0.2) is 53.3 Å². The van der Waals surface area contributed by atoms with Gasteiger partial charge in [-0.25, -0.2) is 0 Å². The second-order valence-corrected chi connectivity index (χ2v) is 8.48. The predicted molar refractivity (Wildman–Crippen MR) is 119 cm³/mol. The van der Waals surface area contributed by atoms with Gasteiger partial charge >= 0.3 is 4.87 Å². The van der Waals surface area contributed by atoms with E-state index < -0.39 is 0 Å². The number of aromatic nitrogens is 1. The van der Waals surface area contributed by atoms with E-state index in [4.69, 9.17) is 11.6 Å². The maximum Gasteiger partial charge on any atom is 0.308 e. The van der Waals surface area contributed by atoms with Crippen molar-refractivity contribution in [1.82, 2.24) is 14.8 Å². The Morgan fingerprint density at radius 2 is 1.80 bits per heavy atom. The van der Waals surface area contributed by atoms with Crippen LogP contribution in [0.3, 0.4) is 0 Å². The highest BCUT2D eigenvalue weighted by molar-refractivity contribution is 7.11. The van der Waals surface area contributed by atoms with Crippen molar-refractivity contribution in [3.05, 3.63) is 90.5 Å². The first-order valence-corrected chi connectivity index (χ1v) is 10.5. The van der Waals surface area contributed by atoms with Crippen molar-refractivity contribution in [3.8, 4) is 0 Å². The number of hydrogen-bond donors (Lipinski definition) is 1. The van der Waals surface area contributed by atoms with Gasteiger partial charge in [-0.05, 0) is 42.3 Å². The zero-order valence-corrected chi connectivity index (χ0v) is 18.5. The lowest BCUT2D eigenvalue weighted by molar-refractivity contribution is 0.0827. The van der Waals surface area contributed by atoms with Crippen LogP contribution in [-0.4, -0.2) is 35.4 Å². The fourth-order valence-electron chi connectivity index (χ4n) is 2.97. The summed E-state index contributed by atoms with van der Waals surface area (Å²) in [6.45, 7) is 2.42. The van der Waals surface area contributed by atoms with Crippen molar-refractivity contribution in [1.29, 1.82) is 0 Å². The van der Waals surface area contributed by atoms with Gasteiger partial charge in [0.1, 0.15) is 4.88 Å². The highest BCUT2D eigenvalue weighted by Gasteiger charge is 2.18. The quantitative estimate of drug-likeness (QED) is 0.633. The third kappa shape index (κ3) is 4.98. The number of benzene rings is 2. The second-order valence-electron chi connectivity index (χ2n) is 7.08. The highest BCUT2D eigenvalue weighted by Crippen LogP contribution is 2.16. The molecule has 0 unspecified atom stereocenters. The standard InChI is InChI=1S/C22H22ClN3O3S/c1-14-19(20(27)24-12-16-5-4-6-18(23)11-16)30-22(29)26(14)13-15-7-9-17(10-8-15)21(28)25(2)3/h4-11H,12-13H2,1-3H3,(H,24,27). The van der Waals surface area contributed by atoms with Crippen molar-refractivity contribution in [2.45, 2.75) is 20.0 Å². The summed E-state index contributed by atoms with van der Waals surface area (Å²) in [4.78, 5) is 38.8. The third-order valence-corrected chi connectivity index (χ3v) is 5.95. The van der Waals surface area contributed by atoms with Crippen molar-refractivity contribution < 1.29 is 9.59 Å². The van der Waals surface area contributed by atoms with Crippen molar-refractivity contribution in [2.75, 3.05) is 14.1 Å². The first kappa shape index (κ1) is 21.8. The second kappa shape index (κ2) is 9.28. The monoisotopic (exact) mass is 443 g/mol. The molecule has 3 aromatic rings. The fraction of sp³-hybridized carbons (Fsp3) is 0.227. The molecular weight excluding hydrogens is 422 g/mol. The van der Waals surface area contributed by atoms with E-state index in [1.807, 2.05) is 24.3 Å². The van der Waals surface area contributed by atoms with E-state index in [2.05, 4.69) is 5.32 Å². The van der Waals surface area contributed by atoms with E-state index in [0.717, 1.165) is 22.5 Å². The summed E-state index contributed by atoms with van der Waals surface area (Å²) < 4.78 is 1.57. The molecule has 0 spiro atoms. The van der Waals surface area contributed by atoms with Gasteiger partial charge in [0, 0.05) is 36.9 Å². The van der Waals surface area contributed by atoms with Gasteiger partial charge in [-0.3, -0.25) is 19.0 Å². The third-order valence-electron chi connectivity index (χ3n) is 4.64. The minimum Gasteiger partial charge on any atom is -0.347 e. The highest BCUT2D eigenvalue weighted by atomic mass is 35.5. The number of nitrogens with one attached hydrogen (secondary N) is 1. The molecule has 0 aliphatic carbocycles. The number of rotatable bonds is 6. The van der Waals surface area contributed by atoms with Gasteiger partial charge in [0.15, 0.2) is 0 Å². The lowest BCUT2D eigenvalue weighted by Gasteiger charge is -2.11. The van der Waals surface area contributed by atoms with E-state index >= 15 is 0 Å². The molecule has 2 aromatic carbocycles. The summed E-state index contributed by atoms with van der Waals surface area (Å²) in [6.07, 6.45) is 0. The van der Waals surface area contributed by atoms with Crippen molar-refractivity contribution in [2.24, 2.45) is 0 Å². The van der Waals surface area contributed by atoms with Crippen LogP contribution in [-0.2, 0) is 13.1 Å². The van der Waals surface area contributed by atoms with E-state index in [1.54, 1.807) is 49.9 Å². The van der Waals surface area contributed by atoms with E-state index in [1.165, 1.54) is 4.90 Å². The summed E-state index contributed by atoms with van der Waals surface area (Å²) in [5.74, 6) is -0.371. The largest absolute Gasteiger partial charge is 0.347 e. The molecule has 1 N–H and O–H groups in total. The summed E-state index contributed by atoms with van der Waals surface area (Å²) in [7, 11) is 3.40. The van der Waals surface area contributed by atoms with E-state index in [0.29, 0.717) is 34.2 Å². The first-order chi connectivity index (χ1) is 14.3. The number of hydrogen-bond acceptors (Lipinski definition) is 4. The molecular formula is C22H22ClN3O3S.